The van der Waals surface area contributed by atoms with Crippen molar-refractivity contribution in [3.8, 4) is 0 Å². The maximum atomic E-state index is 12.1. The van der Waals surface area contributed by atoms with Gasteiger partial charge in [-0.05, 0) is 23.6 Å². The first-order chi connectivity index (χ1) is 11.2. The van der Waals surface area contributed by atoms with Crippen LogP contribution in [0.4, 0.5) is 10.5 Å². The largest absolute Gasteiger partial charge is 0.376 e. The van der Waals surface area contributed by atoms with Crippen LogP contribution < -0.4 is 10.6 Å². The number of hydrogen-bond acceptors (Lipinski definition) is 3. The molecule has 2 N–H and O–H groups in total. The van der Waals surface area contributed by atoms with Crippen LogP contribution >= 0.6 is 0 Å². The predicted octanol–water partition coefficient (Wildman–Crippen LogP) is 2.24. The number of hydrogen-bond donors (Lipinski definition) is 2. The summed E-state index contributed by atoms with van der Waals surface area (Å²) in [5.41, 5.74) is 3.26. The van der Waals surface area contributed by atoms with Crippen molar-refractivity contribution >= 4 is 17.6 Å². The van der Waals surface area contributed by atoms with Gasteiger partial charge in [-0.1, -0.05) is 48.5 Å². The average Bonchev–Trinajstić information content (AvgIpc) is 3.01. The second-order valence-electron chi connectivity index (χ2n) is 5.45. The van der Waals surface area contributed by atoms with Gasteiger partial charge in [0.2, 0.25) is 5.91 Å². The number of amides is 3. The molecule has 23 heavy (non-hydrogen) atoms. The van der Waals surface area contributed by atoms with Crippen LogP contribution in [0.5, 0.6) is 0 Å². The summed E-state index contributed by atoms with van der Waals surface area (Å²) in [4.78, 5) is 24.8. The Hall–Kier alpha value is -2.82. The molecular formula is C18H19N3O2. The third-order valence-electron chi connectivity index (χ3n) is 3.84. The van der Waals surface area contributed by atoms with Crippen molar-refractivity contribution in [2.45, 2.75) is 6.42 Å². The first-order valence-corrected chi connectivity index (χ1v) is 7.68. The van der Waals surface area contributed by atoms with Crippen LogP contribution in [0.25, 0.3) is 0 Å². The number of carbonyl (C=O) groups is 2. The molecule has 5 nitrogen and oxygen atoms in total. The van der Waals surface area contributed by atoms with E-state index >= 15 is 0 Å². The van der Waals surface area contributed by atoms with Gasteiger partial charge in [-0.2, -0.15) is 0 Å². The zero-order chi connectivity index (χ0) is 16.1. The van der Waals surface area contributed by atoms with Gasteiger partial charge in [-0.15, -0.1) is 0 Å². The summed E-state index contributed by atoms with van der Waals surface area (Å²) in [6.07, 6.45) is 0.794. The Kier molecular flexibility index (Phi) is 4.57. The fraction of sp³-hybridized carbons (Fsp3) is 0.222. The number of carbonyl (C=O) groups excluding carboxylic acids is 2. The zero-order valence-electron chi connectivity index (χ0n) is 12.8. The van der Waals surface area contributed by atoms with Gasteiger partial charge in [0.05, 0.1) is 6.54 Å². The predicted molar refractivity (Wildman–Crippen MR) is 89.3 cm³/mol. The van der Waals surface area contributed by atoms with Crippen LogP contribution in [-0.4, -0.2) is 36.5 Å². The van der Waals surface area contributed by atoms with Crippen molar-refractivity contribution in [3.63, 3.8) is 0 Å². The highest BCUT2D eigenvalue weighted by molar-refractivity contribution is 5.97. The maximum absolute atomic E-state index is 12.1. The number of benzene rings is 2. The summed E-state index contributed by atoms with van der Waals surface area (Å²) < 4.78 is 0. The van der Waals surface area contributed by atoms with Crippen molar-refractivity contribution in [1.82, 2.24) is 10.2 Å². The van der Waals surface area contributed by atoms with Gasteiger partial charge in [0, 0.05) is 18.8 Å². The molecule has 0 saturated carbocycles. The van der Waals surface area contributed by atoms with Crippen LogP contribution in [0.3, 0.4) is 0 Å². The van der Waals surface area contributed by atoms with E-state index in [2.05, 4.69) is 22.8 Å². The summed E-state index contributed by atoms with van der Waals surface area (Å²) in [5, 5.41) is 5.79. The van der Waals surface area contributed by atoms with Crippen LogP contribution in [0.2, 0.25) is 0 Å². The van der Waals surface area contributed by atoms with Gasteiger partial charge in [-0.25, -0.2) is 4.79 Å². The van der Waals surface area contributed by atoms with Gasteiger partial charge >= 0.3 is 6.03 Å². The van der Waals surface area contributed by atoms with E-state index in [1.165, 1.54) is 10.5 Å². The minimum Gasteiger partial charge on any atom is -0.376 e. The molecule has 0 atom stereocenters. The highest BCUT2D eigenvalue weighted by Gasteiger charge is 2.25. The van der Waals surface area contributed by atoms with E-state index in [-0.39, 0.29) is 18.5 Å². The lowest BCUT2D eigenvalue weighted by atomic mass is 10.0. The van der Waals surface area contributed by atoms with Crippen LogP contribution in [0.15, 0.2) is 54.6 Å². The number of nitrogens with one attached hydrogen (secondary N) is 2. The number of rotatable bonds is 5. The first-order valence-electron chi connectivity index (χ1n) is 7.68. The van der Waals surface area contributed by atoms with E-state index in [1.807, 2.05) is 42.5 Å². The van der Waals surface area contributed by atoms with E-state index in [4.69, 9.17) is 0 Å². The molecule has 3 amide bonds. The summed E-state index contributed by atoms with van der Waals surface area (Å²) >= 11 is 0. The van der Waals surface area contributed by atoms with Gasteiger partial charge in [0.15, 0.2) is 0 Å². The van der Waals surface area contributed by atoms with E-state index in [0.29, 0.717) is 13.1 Å². The van der Waals surface area contributed by atoms with Gasteiger partial charge in [-0.3, -0.25) is 9.69 Å². The van der Waals surface area contributed by atoms with Crippen LogP contribution in [0, 0.1) is 0 Å². The molecule has 0 bridgehead atoms. The van der Waals surface area contributed by atoms with Crippen molar-refractivity contribution in [1.29, 1.82) is 0 Å². The molecule has 2 aromatic rings. The minimum absolute atomic E-state index is 0.110. The van der Waals surface area contributed by atoms with Gasteiger partial charge in [0.25, 0.3) is 0 Å². The Morgan fingerprint density at radius 1 is 1.09 bits per heavy atom. The monoisotopic (exact) mass is 309 g/mol. The number of para-hydroxylation sites is 1. The van der Waals surface area contributed by atoms with Crippen molar-refractivity contribution in [2.24, 2.45) is 0 Å². The topological polar surface area (TPSA) is 61.4 Å². The maximum Gasteiger partial charge on any atom is 0.324 e. The Bertz CT molecular complexity index is 700. The molecule has 1 aliphatic heterocycles. The Morgan fingerprint density at radius 3 is 2.57 bits per heavy atom. The van der Waals surface area contributed by atoms with Crippen molar-refractivity contribution in [2.75, 3.05) is 25.0 Å². The molecule has 118 valence electrons. The number of nitrogens with zero attached hydrogens (tertiary/aromatic N) is 1. The molecule has 0 radical (unpaired) electrons. The van der Waals surface area contributed by atoms with Gasteiger partial charge < -0.3 is 10.6 Å². The minimum atomic E-state index is -0.311. The fourth-order valence-corrected chi connectivity index (χ4v) is 2.64. The van der Waals surface area contributed by atoms with Crippen LogP contribution in [0.1, 0.15) is 11.1 Å². The SMILES string of the molecule is O=C(CNc1ccccc1Cc1ccccc1)N1CCNC1=O. The molecular weight excluding hydrogens is 290 g/mol. The highest BCUT2D eigenvalue weighted by Crippen LogP contribution is 2.19. The molecule has 1 aliphatic rings. The quantitative estimate of drug-likeness (QED) is 0.890. The summed E-state index contributed by atoms with van der Waals surface area (Å²) in [5.74, 6) is -0.213. The third kappa shape index (κ3) is 3.69. The smallest absolute Gasteiger partial charge is 0.324 e. The summed E-state index contributed by atoms with van der Waals surface area (Å²) in [6, 6.07) is 17.8. The zero-order valence-corrected chi connectivity index (χ0v) is 12.8. The van der Waals surface area contributed by atoms with E-state index in [1.54, 1.807) is 0 Å². The molecule has 1 fully saturated rings. The molecule has 5 heteroatoms. The number of anilines is 1. The molecule has 0 aromatic heterocycles. The third-order valence-corrected chi connectivity index (χ3v) is 3.84. The normalized spacial score (nSPS) is 13.7. The molecule has 3 rings (SSSR count). The molecule has 0 spiro atoms. The lowest BCUT2D eigenvalue weighted by molar-refractivity contribution is -0.125. The lowest BCUT2D eigenvalue weighted by Crippen LogP contribution is -2.38. The molecule has 0 unspecified atom stereocenters. The average molecular weight is 309 g/mol. The molecule has 1 heterocycles. The number of imide groups is 1. The highest BCUT2D eigenvalue weighted by atomic mass is 16.2. The standard InChI is InChI=1S/C18H19N3O2/c22-17(21-11-10-19-18(21)23)13-20-16-9-5-4-8-15(16)12-14-6-2-1-3-7-14/h1-9,20H,10-13H2,(H,19,23). The van der Waals surface area contributed by atoms with E-state index in [0.717, 1.165) is 17.7 Å². The Balaban J connectivity index is 1.66. The second-order valence-corrected chi connectivity index (χ2v) is 5.45. The lowest BCUT2D eigenvalue weighted by Gasteiger charge is -2.15. The fourth-order valence-electron chi connectivity index (χ4n) is 2.64. The molecule has 2 aromatic carbocycles. The summed E-state index contributed by atoms with van der Waals surface area (Å²) in [6.45, 7) is 1.07. The van der Waals surface area contributed by atoms with Crippen molar-refractivity contribution in [3.05, 3.63) is 65.7 Å². The first kappa shape index (κ1) is 15.1. The molecule has 1 saturated heterocycles. The second kappa shape index (κ2) is 6.96. The van der Waals surface area contributed by atoms with Crippen molar-refractivity contribution < 1.29 is 9.59 Å². The van der Waals surface area contributed by atoms with Gasteiger partial charge in [0.1, 0.15) is 0 Å². The number of urea groups is 1. The Morgan fingerprint density at radius 2 is 1.83 bits per heavy atom. The van der Waals surface area contributed by atoms with Crippen LogP contribution in [-0.2, 0) is 11.2 Å². The van der Waals surface area contributed by atoms with E-state index in [9.17, 15) is 9.59 Å². The Labute approximate surface area is 135 Å². The molecule has 0 aliphatic carbocycles. The summed E-state index contributed by atoms with van der Waals surface area (Å²) in [7, 11) is 0. The van der Waals surface area contributed by atoms with E-state index < -0.39 is 0 Å².